The predicted octanol–water partition coefficient (Wildman–Crippen LogP) is 2.16. The fraction of sp³-hybridized carbons (Fsp3) is 0.562. The maximum absolute atomic E-state index is 12.2. The number of nitrogens with zero attached hydrogens (tertiary/aromatic N) is 3. The van der Waals surface area contributed by atoms with Crippen molar-refractivity contribution < 1.29 is 4.79 Å². The van der Waals surface area contributed by atoms with Gasteiger partial charge < -0.3 is 10.2 Å². The summed E-state index contributed by atoms with van der Waals surface area (Å²) in [6.07, 6.45) is 4.48. The van der Waals surface area contributed by atoms with Gasteiger partial charge in [0.05, 0.1) is 0 Å². The van der Waals surface area contributed by atoms with E-state index in [-0.39, 0.29) is 17.9 Å². The van der Waals surface area contributed by atoms with E-state index in [0.717, 1.165) is 43.7 Å². The van der Waals surface area contributed by atoms with Crippen LogP contribution in [0, 0.1) is 5.92 Å². The largest absolute Gasteiger partial charge is 0.353 e. The quantitative estimate of drug-likeness (QED) is 0.844. The minimum atomic E-state index is -0.0191. The fourth-order valence-electron chi connectivity index (χ4n) is 2.72. The van der Waals surface area contributed by atoms with Crippen LogP contribution in [0.1, 0.15) is 33.1 Å². The zero-order valence-corrected chi connectivity index (χ0v) is 12.9. The number of hydrogen-bond acceptors (Lipinski definition) is 4. The number of nitrogens with one attached hydrogen (secondary N) is 1. The van der Waals surface area contributed by atoms with Gasteiger partial charge in [-0.1, -0.05) is 12.5 Å². The lowest BCUT2D eigenvalue weighted by molar-refractivity contribution is -0.125. The fourth-order valence-corrected chi connectivity index (χ4v) is 2.72. The number of carbonyl (C=O) groups is 1. The molecule has 1 amide bonds. The van der Waals surface area contributed by atoms with Crippen LogP contribution in [0.25, 0.3) is 0 Å². The van der Waals surface area contributed by atoms with Gasteiger partial charge in [0, 0.05) is 31.2 Å². The average Bonchev–Trinajstić information content (AvgIpc) is 2.47. The molecule has 0 unspecified atom stereocenters. The number of rotatable bonds is 5. The molecule has 1 N–H and O–H groups in total. The summed E-state index contributed by atoms with van der Waals surface area (Å²) in [6.45, 7) is 9.54. The summed E-state index contributed by atoms with van der Waals surface area (Å²) in [4.78, 5) is 14.4. The monoisotopic (exact) mass is 288 g/mol. The zero-order chi connectivity index (χ0) is 15.2. The van der Waals surface area contributed by atoms with E-state index in [9.17, 15) is 4.79 Å². The Morgan fingerprint density at radius 1 is 1.62 bits per heavy atom. The van der Waals surface area contributed by atoms with Crippen LogP contribution in [0.4, 0.5) is 5.82 Å². The van der Waals surface area contributed by atoms with E-state index in [1.165, 1.54) is 0 Å². The number of hydrogen-bond donors (Lipinski definition) is 1. The molecule has 1 fully saturated rings. The Labute approximate surface area is 126 Å². The summed E-state index contributed by atoms with van der Waals surface area (Å²) in [7, 11) is 0. The summed E-state index contributed by atoms with van der Waals surface area (Å²) < 4.78 is 0. The zero-order valence-electron chi connectivity index (χ0n) is 12.9. The van der Waals surface area contributed by atoms with Crippen molar-refractivity contribution in [3.8, 4) is 0 Å². The molecule has 0 spiro atoms. The molecule has 0 bridgehead atoms. The number of piperidine rings is 1. The van der Waals surface area contributed by atoms with Gasteiger partial charge in [0.2, 0.25) is 5.91 Å². The van der Waals surface area contributed by atoms with Crippen LogP contribution in [0.5, 0.6) is 0 Å². The highest BCUT2D eigenvalue weighted by molar-refractivity contribution is 5.79. The standard InChI is InChI=1S/C16H24N4O/c1-12(2)10-13(3)16(21)18-14-6-5-9-20(11-14)15-7-4-8-17-19-15/h4,7-8,13-14H,1,5-6,9-11H2,2-3H3,(H,18,21)/t13-,14+/m1/s1. The SMILES string of the molecule is C=C(C)C[C@@H](C)C(=O)N[C@H]1CCCN(c2cccnn2)C1. The lowest BCUT2D eigenvalue weighted by Gasteiger charge is -2.34. The summed E-state index contributed by atoms with van der Waals surface area (Å²) >= 11 is 0. The second kappa shape index (κ2) is 7.20. The Balaban J connectivity index is 1.89. The molecule has 5 nitrogen and oxygen atoms in total. The Hall–Kier alpha value is -1.91. The number of anilines is 1. The molecule has 1 aromatic heterocycles. The molecule has 0 aliphatic carbocycles. The van der Waals surface area contributed by atoms with E-state index in [1.807, 2.05) is 26.0 Å². The third-order valence-electron chi connectivity index (χ3n) is 3.75. The molecule has 0 radical (unpaired) electrons. The molecule has 2 rings (SSSR count). The van der Waals surface area contributed by atoms with Crippen molar-refractivity contribution >= 4 is 11.7 Å². The van der Waals surface area contributed by atoms with Crippen LogP contribution >= 0.6 is 0 Å². The molecule has 5 heteroatoms. The Morgan fingerprint density at radius 3 is 3.10 bits per heavy atom. The molecule has 21 heavy (non-hydrogen) atoms. The molecule has 2 heterocycles. The highest BCUT2D eigenvalue weighted by atomic mass is 16.1. The Kier molecular flexibility index (Phi) is 5.31. The van der Waals surface area contributed by atoms with Gasteiger partial charge in [0.1, 0.15) is 0 Å². The number of allylic oxidation sites excluding steroid dienone is 1. The van der Waals surface area contributed by atoms with Gasteiger partial charge >= 0.3 is 0 Å². The lowest BCUT2D eigenvalue weighted by atomic mass is 10.0. The predicted molar refractivity (Wildman–Crippen MR) is 84.0 cm³/mol. The second-order valence-electron chi connectivity index (χ2n) is 5.94. The van der Waals surface area contributed by atoms with Crippen molar-refractivity contribution in [2.24, 2.45) is 5.92 Å². The van der Waals surface area contributed by atoms with Crippen molar-refractivity contribution in [1.29, 1.82) is 0 Å². The minimum absolute atomic E-state index is 0.0191. The molecule has 0 saturated carbocycles. The molecule has 1 aliphatic heterocycles. The van der Waals surface area contributed by atoms with Crippen LogP contribution in [0.15, 0.2) is 30.5 Å². The first kappa shape index (κ1) is 15.5. The van der Waals surface area contributed by atoms with Crippen molar-refractivity contribution in [3.05, 3.63) is 30.5 Å². The third-order valence-corrected chi connectivity index (χ3v) is 3.75. The van der Waals surface area contributed by atoms with E-state index in [0.29, 0.717) is 0 Å². The van der Waals surface area contributed by atoms with E-state index >= 15 is 0 Å². The van der Waals surface area contributed by atoms with E-state index in [4.69, 9.17) is 0 Å². The highest BCUT2D eigenvalue weighted by Gasteiger charge is 2.24. The number of aromatic nitrogens is 2. The van der Waals surface area contributed by atoms with Gasteiger partial charge in [0.15, 0.2) is 5.82 Å². The molecule has 0 aromatic carbocycles. The Morgan fingerprint density at radius 2 is 2.43 bits per heavy atom. The van der Waals surface area contributed by atoms with Crippen LogP contribution in [0.3, 0.4) is 0 Å². The minimum Gasteiger partial charge on any atom is -0.353 e. The summed E-state index contributed by atoms with van der Waals surface area (Å²) in [5.74, 6) is 0.977. The smallest absolute Gasteiger partial charge is 0.223 e. The highest BCUT2D eigenvalue weighted by Crippen LogP contribution is 2.17. The van der Waals surface area contributed by atoms with Gasteiger partial charge in [0.25, 0.3) is 0 Å². The first-order valence-electron chi connectivity index (χ1n) is 7.53. The number of carbonyl (C=O) groups excluding carboxylic acids is 1. The molecule has 114 valence electrons. The normalized spacial score (nSPS) is 19.9. The summed E-state index contributed by atoms with van der Waals surface area (Å²) in [6, 6.07) is 4.03. The molecule has 1 aromatic rings. The van der Waals surface area contributed by atoms with Gasteiger partial charge in [-0.3, -0.25) is 4.79 Å². The van der Waals surface area contributed by atoms with Gasteiger partial charge in [-0.15, -0.1) is 11.7 Å². The third kappa shape index (κ3) is 4.55. The maximum Gasteiger partial charge on any atom is 0.223 e. The number of amides is 1. The van der Waals surface area contributed by atoms with Crippen molar-refractivity contribution in [1.82, 2.24) is 15.5 Å². The maximum atomic E-state index is 12.2. The van der Waals surface area contributed by atoms with Crippen LogP contribution in [-0.2, 0) is 4.79 Å². The average molecular weight is 288 g/mol. The molecule has 2 atom stereocenters. The molecular weight excluding hydrogens is 264 g/mol. The van der Waals surface area contributed by atoms with Crippen LogP contribution in [0.2, 0.25) is 0 Å². The lowest BCUT2D eigenvalue weighted by Crippen LogP contribution is -2.49. The summed E-state index contributed by atoms with van der Waals surface area (Å²) in [5.41, 5.74) is 1.04. The van der Waals surface area contributed by atoms with Crippen LogP contribution < -0.4 is 10.2 Å². The topological polar surface area (TPSA) is 58.1 Å². The van der Waals surface area contributed by atoms with Gasteiger partial charge in [-0.05, 0) is 38.3 Å². The first-order chi connectivity index (χ1) is 10.1. The molecular formula is C16H24N4O. The van der Waals surface area contributed by atoms with Crippen LogP contribution in [-0.4, -0.2) is 35.2 Å². The molecule has 1 aliphatic rings. The second-order valence-corrected chi connectivity index (χ2v) is 5.94. The van der Waals surface area contributed by atoms with Crippen molar-refractivity contribution in [2.75, 3.05) is 18.0 Å². The van der Waals surface area contributed by atoms with Gasteiger partial charge in [-0.2, -0.15) is 5.10 Å². The van der Waals surface area contributed by atoms with Gasteiger partial charge in [-0.25, -0.2) is 0 Å². The van der Waals surface area contributed by atoms with E-state index < -0.39 is 0 Å². The first-order valence-corrected chi connectivity index (χ1v) is 7.53. The van der Waals surface area contributed by atoms with Crippen molar-refractivity contribution in [2.45, 2.75) is 39.2 Å². The van der Waals surface area contributed by atoms with E-state index in [1.54, 1.807) is 6.20 Å². The van der Waals surface area contributed by atoms with E-state index in [2.05, 4.69) is 27.0 Å². The van der Waals surface area contributed by atoms with Crippen molar-refractivity contribution in [3.63, 3.8) is 0 Å². The summed E-state index contributed by atoms with van der Waals surface area (Å²) in [5, 5.41) is 11.2. The molecule has 1 saturated heterocycles. The Bertz CT molecular complexity index is 488.